The number of hydrogen-bond acceptors (Lipinski definition) is 6. The maximum Gasteiger partial charge on any atom is 0.272 e. The molecular weight excluding hydrogens is 358 g/mol. The molecule has 2 aromatic carbocycles. The van der Waals surface area contributed by atoms with E-state index < -0.39 is 5.91 Å². The number of nitrogens with zero attached hydrogens (tertiary/aromatic N) is 2. The lowest BCUT2D eigenvalue weighted by Gasteiger charge is -2.07. The number of aromatic nitrogens is 1. The van der Waals surface area contributed by atoms with E-state index in [0.29, 0.717) is 33.5 Å². The zero-order valence-electron chi connectivity index (χ0n) is 14.5. The van der Waals surface area contributed by atoms with E-state index in [9.17, 15) is 15.0 Å². The van der Waals surface area contributed by atoms with E-state index in [-0.39, 0.29) is 11.5 Å². The Kier molecular flexibility index (Phi) is 4.47. The molecule has 0 aliphatic carbocycles. The molecule has 28 heavy (non-hydrogen) atoms. The Morgan fingerprint density at radius 1 is 1.04 bits per heavy atom. The van der Waals surface area contributed by atoms with Crippen molar-refractivity contribution in [3.05, 3.63) is 78.1 Å². The first-order chi connectivity index (χ1) is 13.6. The molecule has 0 radical (unpaired) electrons. The summed E-state index contributed by atoms with van der Waals surface area (Å²) in [5.74, 6) is -0.345. The highest BCUT2D eigenvalue weighted by molar-refractivity contribution is 6.07. The normalized spacial score (nSPS) is 11.1. The lowest BCUT2D eigenvalue weighted by Crippen LogP contribution is -2.18. The zero-order chi connectivity index (χ0) is 19.5. The van der Waals surface area contributed by atoms with Crippen molar-refractivity contribution in [2.24, 2.45) is 5.10 Å². The second-order valence-corrected chi connectivity index (χ2v) is 6.00. The van der Waals surface area contributed by atoms with Crippen LogP contribution in [0.1, 0.15) is 15.9 Å². The Bertz CT molecular complexity index is 1180. The van der Waals surface area contributed by atoms with Crippen LogP contribution in [-0.4, -0.2) is 27.3 Å². The predicted molar refractivity (Wildman–Crippen MR) is 104 cm³/mol. The van der Waals surface area contributed by atoms with Crippen LogP contribution in [0.4, 0.5) is 0 Å². The molecule has 0 aliphatic rings. The van der Waals surface area contributed by atoms with Crippen molar-refractivity contribution in [2.45, 2.75) is 0 Å². The third-order valence-electron chi connectivity index (χ3n) is 4.11. The number of fused-ring (bicyclic) bond motifs is 1. The number of rotatable bonds is 4. The summed E-state index contributed by atoms with van der Waals surface area (Å²) in [6, 6.07) is 16.7. The van der Waals surface area contributed by atoms with Gasteiger partial charge < -0.3 is 14.6 Å². The van der Waals surface area contributed by atoms with Gasteiger partial charge in [0, 0.05) is 5.39 Å². The summed E-state index contributed by atoms with van der Waals surface area (Å²) in [7, 11) is 0. The van der Waals surface area contributed by atoms with Gasteiger partial charge in [0.05, 0.1) is 23.6 Å². The van der Waals surface area contributed by atoms with Gasteiger partial charge in [-0.1, -0.05) is 18.2 Å². The molecule has 138 valence electrons. The van der Waals surface area contributed by atoms with Crippen molar-refractivity contribution in [3.8, 4) is 23.0 Å². The Labute approximate surface area is 159 Å². The van der Waals surface area contributed by atoms with Gasteiger partial charge in [0.2, 0.25) is 0 Å². The molecule has 2 heterocycles. The zero-order valence-corrected chi connectivity index (χ0v) is 14.5. The van der Waals surface area contributed by atoms with Crippen molar-refractivity contribution >= 4 is 23.0 Å². The van der Waals surface area contributed by atoms with Gasteiger partial charge in [0.15, 0.2) is 17.3 Å². The molecule has 1 amide bonds. The maximum absolute atomic E-state index is 12.7. The van der Waals surface area contributed by atoms with Crippen LogP contribution in [0.5, 0.6) is 11.5 Å². The van der Waals surface area contributed by atoms with E-state index in [2.05, 4.69) is 15.5 Å². The average Bonchev–Trinajstić information content (AvgIpc) is 3.24. The minimum absolute atomic E-state index is 0.227. The summed E-state index contributed by atoms with van der Waals surface area (Å²) in [6.07, 6.45) is 2.91. The fourth-order valence-corrected chi connectivity index (χ4v) is 2.76. The number of hydrogen-bond donors (Lipinski definition) is 3. The molecule has 7 heteroatoms. The van der Waals surface area contributed by atoms with Crippen LogP contribution in [0, 0.1) is 0 Å². The molecule has 0 bridgehead atoms. The topological polar surface area (TPSA) is 108 Å². The number of amides is 1. The van der Waals surface area contributed by atoms with Crippen molar-refractivity contribution in [1.29, 1.82) is 0 Å². The number of aromatic hydroxyl groups is 2. The molecule has 3 N–H and O–H groups in total. The number of nitrogens with one attached hydrogen (secondary N) is 1. The summed E-state index contributed by atoms with van der Waals surface area (Å²) in [5, 5.41) is 23.5. The van der Waals surface area contributed by atoms with Gasteiger partial charge in [-0.15, -0.1) is 0 Å². The molecular formula is C21H15N3O4. The molecule has 4 aromatic rings. The molecule has 0 unspecified atom stereocenters. The summed E-state index contributed by atoms with van der Waals surface area (Å²) in [5.41, 5.74) is 4.60. The van der Waals surface area contributed by atoms with Crippen LogP contribution >= 0.6 is 0 Å². The minimum Gasteiger partial charge on any atom is -0.504 e. The summed E-state index contributed by atoms with van der Waals surface area (Å²) < 4.78 is 5.40. The smallest absolute Gasteiger partial charge is 0.272 e. The maximum atomic E-state index is 12.7. The number of carbonyl (C=O) groups excluding carboxylic acids is 1. The SMILES string of the molecule is O=C(N/N=C/c1ccc(O)c(O)c1)c1cc(-c2ccco2)nc2ccccc12. The quantitative estimate of drug-likeness (QED) is 0.287. The number of benzene rings is 2. The van der Waals surface area contributed by atoms with E-state index in [1.165, 1.54) is 18.3 Å². The highest BCUT2D eigenvalue weighted by atomic mass is 16.3. The van der Waals surface area contributed by atoms with Gasteiger partial charge in [0.1, 0.15) is 5.69 Å². The van der Waals surface area contributed by atoms with Crippen molar-refractivity contribution in [3.63, 3.8) is 0 Å². The standard InChI is InChI=1S/C21H15N3O4/c25-18-8-7-13(10-19(18)26)12-22-24-21(27)15-11-17(20-6-3-9-28-20)23-16-5-2-1-4-14(15)16/h1-12,25-26H,(H,24,27)/b22-12+. The Morgan fingerprint density at radius 3 is 2.68 bits per heavy atom. The molecule has 0 saturated heterocycles. The molecule has 0 aliphatic heterocycles. The van der Waals surface area contributed by atoms with Crippen molar-refractivity contribution < 1.29 is 19.4 Å². The van der Waals surface area contributed by atoms with E-state index in [0.717, 1.165) is 0 Å². The Hall–Kier alpha value is -4.13. The van der Waals surface area contributed by atoms with Gasteiger partial charge in [-0.25, -0.2) is 10.4 Å². The third-order valence-corrected chi connectivity index (χ3v) is 4.11. The van der Waals surface area contributed by atoms with Gasteiger partial charge in [-0.05, 0) is 48.0 Å². The molecule has 2 aromatic heterocycles. The molecule has 0 atom stereocenters. The van der Waals surface area contributed by atoms with Crippen LogP contribution < -0.4 is 5.43 Å². The van der Waals surface area contributed by atoms with E-state index >= 15 is 0 Å². The number of hydrazone groups is 1. The number of phenols is 2. The highest BCUT2D eigenvalue weighted by Crippen LogP contribution is 2.25. The Balaban J connectivity index is 1.64. The fraction of sp³-hybridized carbons (Fsp3) is 0. The lowest BCUT2D eigenvalue weighted by molar-refractivity contribution is 0.0956. The molecule has 0 saturated carbocycles. The number of pyridine rings is 1. The second kappa shape index (κ2) is 7.24. The number of carbonyl (C=O) groups is 1. The Morgan fingerprint density at radius 2 is 1.89 bits per heavy atom. The predicted octanol–water partition coefficient (Wildman–Crippen LogP) is 3.67. The van der Waals surface area contributed by atoms with Crippen molar-refractivity contribution in [1.82, 2.24) is 10.4 Å². The molecule has 0 spiro atoms. The van der Waals surface area contributed by atoms with Crippen molar-refractivity contribution in [2.75, 3.05) is 0 Å². The summed E-state index contributed by atoms with van der Waals surface area (Å²) in [4.78, 5) is 17.3. The third kappa shape index (κ3) is 3.41. The fourth-order valence-electron chi connectivity index (χ4n) is 2.76. The van der Waals surface area contributed by atoms with Crippen LogP contribution in [0.2, 0.25) is 0 Å². The summed E-state index contributed by atoms with van der Waals surface area (Å²) >= 11 is 0. The van der Waals surface area contributed by atoms with Gasteiger partial charge >= 0.3 is 0 Å². The van der Waals surface area contributed by atoms with Crippen LogP contribution in [0.15, 0.2) is 76.4 Å². The number of phenolic OH excluding ortho intramolecular Hbond substituents is 2. The minimum atomic E-state index is -0.411. The monoisotopic (exact) mass is 373 g/mol. The van der Waals surface area contributed by atoms with Crippen LogP contribution in [-0.2, 0) is 0 Å². The lowest BCUT2D eigenvalue weighted by atomic mass is 10.1. The number of furan rings is 1. The number of para-hydroxylation sites is 1. The summed E-state index contributed by atoms with van der Waals surface area (Å²) in [6.45, 7) is 0. The van der Waals surface area contributed by atoms with Gasteiger partial charge in [-0.3, -0.25) is 4.79 Å². The van der Waals surface area contributed by atoms with Crippen LogP contribution in [0.3, 0.4) is 0 Å². The second-order valence-electron chi connectivity index (χ2n) is 6.00. The first-order valence-corrected chi connectivity index (χ1v) is 8.41. The van der Waals surface area contributed by atoms with Gasteiger partial charge in [-0.2, -0.15) is 5.10 Å². The average molecular weight is 373 g/mol. The van der Waals surface area contributed by atoms with E-state index in [1.807, 2.05) is 24.3 Å². The first kappa shape index (κ1) is 17.3. The van der Waals surface area contributed by atoms with Gasteiger partial charge in [0.25, 0.3) is 5.91 Å². The van der Waals surface area contributed by atoms with Crippen LogP contribution in [0.25, 0.3) is 22.4 Å². The largest absolute Gasteiger partial charge is 0.504 e. The highest BCUT2D eigenvalue weighted by Gasteiger charge is 2.14. The first-order valence-electron chi connectivity index (χ1n) is 8.41. The molecule has 7 nitrogen and oxygen atoms in total. The van der Waals surface area contributed by atoms with E-state index in [1.54, 1.807) is 30.5 Å². The molecule has 4 rings (SSSR count). The molecule has 0 fully saturated rings. The van der Waals surface area contributed by atoms with E-state index in [4.69, 9.17) is 4.42 Å².